The lowest BCUT2D eigenvalue weighted by Crippen LogP contribution is -2.34. The maximum atomic E-state index is 5.64. The average Bonchev–Trinajstić information content (AvgIpc) is 2.21. The Morgan fingerprint density at radius 1 is 1.29 bits per heavy atom. The van der Waals surface area contributed by atoms with Gasteiger partial charge >= 0.3 is 0 Å². The fourth-order valence-corrected chi connectivity index (χ4v) is 1.43. The van der Waals surface area contributed by atoms with Crippen LogP contribution in [0.2, 0.25) is 0 Å². The van der Waals surface area contributed by atoms with Crippen LogP contribution < -0.4 is 10.1 Å². The Kier molecular flexibility index (Phi) is 4.62. The van der Waals surface area contributed by atoms with Gasteiger partial charge in [0.1, 0.15) is 6.10 Å². The first-order valence-corrected chi connectivity index (χ1v) is 4.58. The van der Waals surface area contributed by atoms with Crippen molar-refractivity contribution in [1.82, 2.24) is 15.3 Å². The zero-order chi connectivity index (χ0) is 8.93. The lowest BCUT2D eigenvalue weighted by Gasteiger charge is -2.22. The van der Waals surface area contributed by atoms with Crippen molar-refractivity contribution in [2.75, 3.05) is 13.1 Å². The Balaban J connectivity index is 0.000000980. The normalized spacial score (nSPS) is 17.1. The molecule has 0 spiro atoms. The van der Waals surface area contributed by atoms with Gasteiger partial charge in [0.15, 0.2) is 0 Å². The molecule has 0 aliphatic carbocycles. The van der Waals surface area contributed by atoms with Crippen LogP contribution in [-0.4, -0.2) is 29.2 Å². The molecular weight excluding hydrogens is 202 g/mol. The molecule has 1 fully saturated rings. The number of rotatable bonds is 2. The van der Waals surface area contributed by atoms with E-state index in [0.29, 0.717) is 12.0 Å². The molecule has 2 rings (SSSR count). The standard InChI is InChI=1S/C9H13N3O.ClH/c1-3-10-4-2-8(1)13-9-7-11-5-6-12-9;/h5-8,10H,1-4H2;1H. The van der Waals surface area contributed by atoms with Crippen LogP contribution >= 0.6 is 12.4 Å². The molecule has 14 heavy (non-hydrogen) atoms. The van der Waals surface area contributed by atoms with E-state index >= 15 is 0 Å². The quantitative estimate of drug-likeness (QED) is 0.801. The molecule has 4 nitrogen and oxygen atoms in total. The van der Waals surface area contributed by atoms with Gasteiger partial charge in [0.05, 0.1) is 6.20 Å². The number of ether oxygens (including phenoxy) is 1. The van der Waals surface area contributed by atoms with Gasteiger partial charge in [0.2, 0.25) is 5.88 Å². The molecule has 0 atom stereocenters. The van der Waals surface area contributed by atoms with Gasteiger partial charge in [-0.05, 0) is 25.9 Å². The second-order valence-corrected chi connectivity index (χ2v) is 3.11. The molecule has 1 aromatic rings. The van der Waals surface area contributed by atoms with Crippen molar-refractivity contribution in [3.8, 4) is 5.88 Å². The first-order valence-electron chi connectivity index (χ1n) is 4.58. The van der Waals surface area contributed by atoms with E-state index in [-0.39, 0.29) is 12.4 Å². The predicted octanol–water partition coefficient (Wildman–Crippen LogP) is 1.03. The summed E-state index contributed by atoms with van der Waals surface area (Å²) in [6.07, 6.45) is 7.36. The molecule has 1 aliphatic rings. The number of aromatic nitrogens is 2. The van der Waals surface area contributed by atoms with Gasteiger partial charge in [-0.15, -0.1) is 12.4 Å². The number of nitrogens with zero attached hydrogens (tertiary/aromatic N) is 2. The second kappa shape index (κ2) is 5.78. The van der Waals surface area contributed by atoms with Crippen molar-refractivity contribution in [3.63, 3.8) is 0 Å². The maximum absolute atomic E-state index is 5.64. The fraction of sp³-hybridized carbons (Fsp3) is 0.556. The topological polar surface area (TPSA) is 47.0 Å². The van der Waals surface area contributed by atoms with E-state index in [1.54, 1.807) is 18.6 Å². The highest BCUT2D eigenvalue weighted by molar-refractivity contribution is 5.85. The van der Waals surface area contributed by atoms with E-state index in [9.17, 15) is 0 Å². The number of hydrogen-bond acceptors (Lipinski definition) is 4. The Labute approximate surface area is 89.5 Å². The van der Waals surface area contributed by atoms with Crippen LogP contribution in [0.1, 0.15) is 12.8 Å². The van der Waals surface area contributed by atoms with E-state index < -0.39 is 0 Å². The smallest absolute Gasteiger partial charge is 0.232 e. The minimum atomic E-state index is 0. The zero-order valence-electron chi connectivity index (χ0n) is 7.85. The molecule has 78 valence electrons. The molecule has 1 saturated heterocycles. The molecule has 0 saturated carbocycles. The van der Waals surface area contributed by atoms with Gasteiger partial charge < -0.3 is 10.1 Å². The Morgan fingerprint density at radius 3 is 2.71 bits per heavy atom. The summed E-state index contributed by atoms with van der Waals surface area (Å²) in [5.41, 5.74) is 0. The third-order valence-electron chi connectivity index (χ3n) is 2.11. The lowest BCUT2D eigenvalue weighted by molar-refractivity contribution is 0.155. The first-order chi connectivity index (χ1) is 6.45. The van der Waals surface area contributed by atoms with Crippen LogP contribution in [0.4, 0.5) is 0 Å². The number of nitrogens with one attached hydrogen (secondary N) is 1. The van der Waals surface area contributed by atoms with E-state index in [4.69, 9.17) is 4.74 Å². The molecule has 5 heteroatoms. The maximum Gasteiger partial charge on any atom is 0.232 e. The zero-order valence-corrected chi connectivity index (χ0v) is 8.67. The summed E-state index contributed by atoms with van der Waals surface area (Å²) in [5, 5.41) is 3.28. The van der Waals surface area contributed by atoms with Crippen molar-refractivity contribution in [2.24, 2.45) is 0 Å². The van der Waals surface area contributed by atoms with Gasteiger partial charge in [-0.1, -0.05) is 0 Å². The predicted molar refractivity (Wildman–Crippen MR) is 55.8 cm³/mol. The number of hydrogen-bond donors (Lipinski definition) is 1. The van der Waals surface area contributed by atoms with Crippen molar-refractivity contribution < 1.29 is 4.74 Å². The van der Waals surface area contributed by atoms with Crippen LogP contribution in [0.5, 0.6) is 5.88 Å². The van der Waals surface area contributed by atoms with Crippen molar-refractivity contribution in [1.29, 1.82) is 0 Å². The van der Waals surface area contributed by atoms with E-state index in [1.165, 1.54) is 0 Å². The van der Waals surface area contributed by atoms with Crippen molar-refractivity contribution in [2.45, 2.75) is 18.9 Å². The molecule has 0 radical (unpaired) electrons. The third kappa shape index (κ3) is 3.12. The van der Waals surface area contributed by atoms with Gasteiger partial charge in [-0.2, -0.15) is 0 Å². The molecule has 0 unspecified atom stereocenters. The Morgan fingerprint density at radius 2 is 2.07 bits per heavy atom. The summed E-state index contributed by atoms with van der Waals surface area (Å²) in [5.74, 6) is 0.634. The fourth-order valence-electron chi connectivity index (χ4n) is 1.43. The first kappa shape index (κ1) is 11.2. The Hall–Kier alpha value is -0.870. The van der Waals surface area contributed by atoms with E-state index in [1.807, 2.05) is 0 Å². The van der Waals surface area contributed by atoms with E-state index in [0.717, 1.165) is 25.9 Å². The second-order valence-electron chi connectivity index (χ2n) is 3.11. The van der Waals surface area contributed by atoms with Gasteiger partial charge in [-0.25, -0.2) is 4.98 Å². The summed E-state index contributed by atoms with van der Waals surface area (Å²) in [7, 11) is 0. The van der Waals surface area contributed by atoms with Crippen LogP contribution in [0.3, 0.4) is 0 Å². The van der Waals surface area contributed by atoms with Crippen LogP contribution in [0.15, 0.2) is 18.6 Å². The monoisotopic (exact) mass is 215 g/mol. The van der Waals surface area contributed by atoms with Gasteiger partial charge in [0.25, 0.3) is 0 Å². The minimum Gasteiger partial charge on any atom is -0.473 e. The molecular formula is C9H14ClN3O. The van der Waals surface area contributed by atoms with E-state index in [2.05, 4.69) is 15.3 Å². The largest absolute Gasteiger partial charge is 0.473 e. The highest BCUT2D eigenvalue weighted by Gasteiger charge is 2.14. The molecule has 0 amide bonds. The summed E-state index contributed by atoms with van der Waals surface area (Å²) in [4.78, 5) is 8.01. The molecule has 1 aromatic heterocycles. The highest BCUT2D eigenvalue weighted by Crippen LogP contribution is 2.11. The third-order valence-corrected chi connectivity index (χ3v) is 2.11. The summed E-state index contributed by atoms with van der Waals surface area (Å²) in [6, 6.07) is 0. The lowest BCUT2D eigenvalue weighted by atomic mass is 10.1. The summed E-state index contributed by atoms with van der Waals surface area (Å²) in [6.45, 7) is 2.07. The molecule has 0 aromatic carbocycles. The van der Waals surface area contributed by atoms with Gasteiger partial charge in [0, 0.05) is 12.4 Å². The van der Waals surface area contributed by atoms with Gasteiger partial charge in [-0.3, -0.25) is 4.98 Å². The van der Waals surface area contributed by atoms with Crippen LogP contribution in [0.25, 0.3) is 0 Å². The SMILES string of the molecule is Cl.c1cnc(OC2CCNCC2)cn1. The molecule has 1 aliphatic heterocycles. The van der Waals surface area contributed by atoms with Crippen molar-refractivity contribution >= 4 is 12.4 Å². The number of halogens is 1. The highest BCUT2D eigenvalue weighted by atomic mass is 35.5. The summed E-state index contributed by atoms with van der Waals surface area (Å²) < 4.78 is 5.64. The van der Waals surface area contributed by atoms with Crippen LogP contribution in [0, 0.1) is 0 Å². The Bertz CT molecular complexity index is 251. The molecule has 2 heterocycles. The number of piperidine rings is 1. The minimum absolute atomic E-state index is 0. The molecule has 0 bridgehead atoms. The summed E-state index contributed by atoms with van der Waals surface area (Å²) >= 11 is 0. The average molecular weight is 216 g/mol. The van der Waals surface area contributed by atoms with Crippen molar-refractivity contribution in [3.05, 3.63) is 18.6 Å². The van der Waals surface area contributed by atoms with Crippen LogP contribution in [-0.2, 0) is 0 Å². The molecule has 1 N–H and O–H groups in total.